The minimum absolute atomic E-state index is 0. The zero-order valence-corrected chi connectivity index (χ0v) is 16.4. The second kappa shape index (κ2) is 9.35. The molecule has 0 radical (unpaired) electrons. The SMILES string of the molecule is Cc1cc(C)cc(C(=O)NCC(=O)N2CCC(N3CCNCC3)C2)c1.Cl. The molecule has 1 unspecified atom stereocenters. The number of hydrogen-bond donors (Lipinski definition) is 2. The second-order valence-electron chi connectivity index (χ2n) is 7.13. The van der Waals surface area contributed by atoms with Gasteiger partial charge in [-0.1, -0.05) is 17.2 Å². The molecule has 0 saturated carbocycles. The molecule has 2 saturated heterocycles. The summed E-state index contributed by atoms with van der Waals surface area (Å²) in [6.45, 7) is 9.72. The lowest BCUT2D eigenvalue weighted by molar-refractivity contribution is -0.129. The van der Waals surface area contributed by atoms with Crippen molar-refractivity contribution < 1.29 is 9.59 Å². The van der Waals surface area contributed by atoms with Crippen molar-refractivity contribution >= 4 is 24.2 Å². The van der Waals surface area contributed by atoms with E-state index in [2.05, 4.69) is 15.5 Å². The molecule has 2 N–H and O–H groups in total. The van der Waals surface area contributed by atoms with Gasteiger partial charge in [-0.2, -0.15) is 0 Å². The average Bonchev–Trinajstić information content (AvgIpc) is 3.09. The minimum Gasteiger partial charge on any atom is -0.343 e. The summed E-state index contributed by atoms with van der Waals surface area (Å²) in [6, 6.07) is 6.19. The molecule has 2 fully saturated rings. The molecule has 2 amide bonds. The van der Waals surface area contributed by atoms with Crippen LogP contribution >= 0.6 is 12.4 Å². The van der Waals surface area contributed by atoms with Gasteiger partial charge in [-0.15, -0.1) is 12.4 Å². The van der Waals surface area contributed by atoms with Crippen molar-refractivity contribution in [3.05, 3.63) is 34.9 Å². The Labute approximate surface area is 161 Å². The molecule has 0 bridgehead atoms. The number of aryl methyl sites for hydroxylation is 2. The number of carbonyl (C=O) groups is 2. The second-order valence-corrected chi connectivity index (χ2v) is 7.13. The van der Waals surface area contributed by atoms with Crippen molar-refractivity contribution in [2.75, 3.05) is 45.8 Å². The molecule has 7 heteroatoms. The van der Waals surface area contributed by atoms with E-state index in [1.54, 1.807) is 0 Å². The maximum absolute atomic E-state index is 12.4. The van der Waals surface area contributed by atoms with Gasteiger partial charge in [-0.3, -0.25) is 14.5 Å². The Morgan fingerprint density at radius 1 is 1.12 bits per heavy atom. The Bertz CT molecular complexity index is 626. The monoisotopic (exact) mass is 380 g/mol. The molecule has 1 atom stereocenters. The number of rotatable bonds is 4. The van der Waals surface area contributed by atoms with Gasteiger partial charge in [0.1, 0.15) is 0 Å². The van der Waals surface area contributed by atoms with Crippen LogP contribution in [-0.2, 0) is 4.79 Å². The van der Waals surface area contributed by atoms with E-state index in [1.165, 1.54) is 0 Å². The Hall–Kier alpha value is -1.63. The Balaban J connectivity index is 0.00000243. The maximum atomic E-state index is 12.4. The van der Waals surface area contributed by atoms with Gasteiger partial charge in [0.25, 0.3) is 5.91 Å². The molecule has 2 aliphatic rings. The van der Waals surface area contributed by atoms with E-state index >= 15 is 0 Å². The largest absolute Gasteiger partial charge is 0.343 e. The summed E-state index contributed by atoms with van der Waals surface area (Å²) in [6.07, 6.45) is 1.02. The zero-order chi connectivity index (χ0) is 17.8. The summed E-state index contributed by atoms with van der Waals surface area (Å²) >= 11 is 0. The molecule has 2 aliphatic heterocycles. The van der Waals surface area contributed by atoms with E-state index < -0.39 is 0 Å². The van der Waals surface area contributed by atoms with E-state index in [1.807, 2.05) is 36.9 Å². The summed E-state index contributed by atoms with van der Waals surface area (Å²) in [4.78, 5) is 29.1. The molecular formula is C19H29ClN4O2. The van der Waals surface area contributed by atoms with Gasteiger partial charge in [0.2, 0.25) is 5.91 Å². The highest BCUT2D eigenvalue weighted by Crippen LogP contribution is 2.16. The van der Waals surface area contributed by atoms with Crippen molar-refractivity contribution in [1.82, 2.24) is 20.4 Å². The van der Waals surface area contributed by atoms with Gasteiger partial charge in [0, 0.05) is 50.9 Å². The summed E-state index contributed by atoms with van der Waals surface area (Å²) in [5, 5.41) is 6.13. The lowest BCUT2D eigenvalue weighted by Gasteiger charge is -2.32. The third-order valence-electron chi connectivity index (χ3n) is 5.07. The van der Waals surface area contributed by atoms with Crippen LogP contribution in [0.3, 0.4) is 0 Å². The number of likely N-dealkylation sites (tertiary alicyclic amines) is 1. The lowest BCUT2D eigenvalue weighted by atomic mass is 10.1. The fourth-order valence-corrected chi connectivity index (χ4v) is 3.79. The molecule has 0 aromatic heterocycles. The summed E-state index contributed by atoms with van der Waals surface area (Å²) in [5.41, 5.74) is 2.72. The zero-order valence-electron chi connectivity index (χ0n) is 15.6. The standard InChI is InChI=1S/C19H28N4O2.ClH/c1-14-9-15(2)11-16(10-14)19(25)21-12-18(24)23-6-3-17(13-23)22-7-4-20-5-8-22;/h9-11,17,20H,3-8,12-13H2,1-2H3,(H,21,25);1H. The fourth-order valence-electron chi connectivity index (χ4n) is 3.79. The number of benzene rings is 1. The number of carbonyl (C=O) groups excluding carboxylic acids is 2. The Morgan fingerprint density at radius 3 is 2.42 bits per heavy atom. The smallest absolute Gasteiger partial charge is 0.251 e. The predicted molar refractivity (Wildman–Crippen MR) is 105 cm³/mol. The van der Waals surface area contributed by atoms with Crippen LogP contribution in [0, 0.1) is 13.8 Å². The minimum atomic E-state index is -0.182. The highest BCUT2D eigenvalue weighted by atomic mass is 35.5. The molecule has 26 heavy (non-hydrogen) atoms. The molecule has 3 rings (SSSR count). The molecule has 6 nitrogen and oxygen atoms in total. The number of piperazine rings is 1. The van der Waals surface area contributed by atoms with Gasteiger partial charge < -0.3 is 15.5 Å². The molecular weight excluding hydrogens is 352 g/mol. The van der Waals surface area contributed by atoms with E-state index in [9.17, 15) is 9.59 Å². The number of nitrogens with one attached hydrogen (secondary N) is 2. The lowest BCUT2D eigenvalue weighted by Crippen LogP contribution is -2.49. The van der Waals surface area contributed by atoms with Crippen LogP contribution in [0.5, 0.6) is 0 Å². The molecule has 144 valence electrons. The van der Waals surface area contributed by atoms with Gasteiger partial charge >= 0.3 is 0 Å². The highest BCUT2D eigenvalue weighted by Gasteiger charge is 2.30. The normalized spacial score (nSPS) is 20.5. The van der Waals surface area contributed by atoms with Crippen molar-refractivity contribution in [3.8, 4) is 0 Å². The van der Waals surface area contributed by atoms with Crippen molar-refractivity contribution in [1.29, 1.82) is 0 Å². The summed E-state index contributed by atoms with van der Waals surface area (Å²) in [5.74, 6) is -0.173. The Kier molecular flexibility index (Phi) is 7.43. The van der Waals surface area contributed by atoms with Crippen LogP contribution in [0.1, 0.15) is 27.9 Å². The van der Waals surface area contributed by atoms with E-state index in [0.29, 0.717) is 11.6 Å². The first-order valence-electron chi connectivity index (χ1n) is 9.12. The van der Waals surface area contributed by atoms with Crippen LogP contribution in [-0.4, -0.2) is 73.5 Å². The fraction of sp³-hybridized carbons (Fsp3) is 0.579. The molecule has 0 aliphatic carbocycles. The molecule has 2 heterocycles. The van der Waals surface area contributed by atoms with E-state index in [-0.39, 0.29) is 30.8 Å². The highest BCUT2D eigenvalue weighted by molar-refractivity contribution is 5.96. The average molecular weight is 381 g/mol. The van der Waals surface area contributed by atoms with Crippen molar-refractivity contribution in [3.63, 3.8) is 0 Å². The van der Waals surface area contributed by atoms with E-state index in [0.717, 1.165) is 56.8 Å². The van der Waals surface area contributed by atoms with Crippen LogP contribution in [0.25, 0.3) is 0 Å². The summed E-state index contributed by atoms with van der Waals surface area (Å²) in [7, 11) is 0. The molecule has 0 spiro atoms. The quantitative estimate of drug-likeness (QED) is 0.816. The maximum Gasteiger partial charge on any atom is 0.251 e. The first-order chi connectivity index (χ1) is 12.0. The van der Waals surface area contributed by atoms with E-state index in [4.69, 9.17) is 0 Å². The van der Waals surface area contributed by atoms with Gasteiger partial charge in [-0.25, -0.2) is 0 Å². The topological polar surface area (TPSA) is 64.7 Å². The van der Waals surface area contributed by atoms with Crippen LogP contribution in [0.2, 0.25) is 0 Å². The third kappa shape index (κ3) is 5.19. The number of hydrogen-bond acceptors (Lipinski definition) is 4. The van der Waals surface area contributed by atoms with Crippen molar-refractivity contribution in [2.24, 2.45) is 0 Å². The van der Waals surface area contributed by atoms with Crippen LogP contribution in [0.4, 0.5) is 0 Å². The van der Waals surface area contributed by atoms with Gasteiger partial charge in [-0.05, 0) is 32.4 Å². The first kappa shape index (κ1) is 20.7. The first-order valence-corrected chi connectivity index (χ1v) is 9.12. The van der Waals surface area contributed by atoms with Crippen LogP contribution in [0.15, 0.2) is 18.2 Å². The molecule has 1 aromatic carbocycles. The van der Waals surface area contributed by atoms with Gasteiger partial charge in [0.15, 0.2) is 0 Å². The number of amides is 2. The predicted octanol–water partition coefficient (Wildman–Crippen LogP) is 0.961. The summed E-state index contributed by atoms with van der Waals surface area (Å²) < 4.78 is 0. The number of halogens is 1. The molecule has 1 aromatic rings. The number of nitrogens with zero attached hydrogens (tertiary/aromatic N) is 2. The van der Waals surface area contributed by atoms with Crippen molar-refractivity contribution in [2.45, 2.75) is 26.3 Å². The Morgan fingerprint density at radius 2 is 1.77 bits per heavy atom. The third-order valence-corrected chi connectivity index (χ3v) is 5.07. The van der Waals surface area contributed by atoms with Crippen LogP contribution < -0.4 is 10.6 Å². The van der Waals surface area contributed by atoms with Gasteiger partial charge in [0.05, 0.1) is 6.54 Å².